The highest BCUT2D eigenvalue weighted by atomic mass is 32.2. The summed E-state index contributed by atoms with van der Waals surface area (Å²) in [5.41, 5.74) is 0.537. The summed E-state index contributed by atoms with van der Waals surface area (Å²) in [7, 11) is 0. The number of carbonyl (C=O) groups excluding carboxylic acids is 1. The number of aliphatic hydroxyl groups excluding tert-OH is 1. The maximum Gasteiger partial charge on any atom is 0.319 e. The molecule has 0 aliphatic rings. The van der Waals surface area contributed by atoms with E-state index < -0.39 is 5.76 Å². The fraction of sp³-hybridized carbons (Fsp3) is 0.462. The van der Waals surface area contributed by atoms with Gasteiger partial charge >= 0.3 is 6.03 Å². The molecule has 0 saturated heterocycles. The zero-order valence-electron chi connectivity index (χ0n) is 11.1. The van der Waals surface area contributed by atoms with E-state index in [-0.39, 0.29) is 18.7 Å². The van der Waals surface area contributed by atoms with Crippen molar-refractivity contribution in [2.75, 3.05) is 11.9 Å². The third-order valence-electron chi connectivity index (χ3n) is 2.51. The van der Waals surface area contributed by atoms with Crippen molar-refractivity contribution in [2.24, 2.45) is 0 Å². The molecule has 1 rings (SSSR count). The SMILES string of the molecule is CC(CCCO)NC(=O)Nc1ccc(SC(F)F)cc1. The van der Waals surface area contributed by atoms with Gasteiger partial charge in [0.05, 0.1) is 0 Å². The Kier molecular flexibility index (Phi) is 7.32. The fourth-order valence-electron chi connectivity index (χ4n) is 1.58. The van der Waals surface area contributed by atoms with Gasteiger partial charge in [-0.15, -0.1) is 0 Å². The number of rotatable bonds is 7. The second-order valence-electron chi connectivity index (χ2n) is 4.27. The van der Waals surface area contributed by atoms with Gasteiger partial charge in [-0.1, -0.05) is 11.8 Å². The minimum absolute atomic E-state index is 0.0455. The number of amides is 2. The summed E-state index contributed by atoms with van der Waals surface area (Å²) < 4.78 is 24.3. The zero-order chi connectivity index (χ0) is 15.0. The quantitative estimate of drug-likeness (QED) is 0.677. The molecule has 0 saturated carbocycles. The molecular weight excluding hydrogens is 286 g/mol. The molecule has 0 spiro atoms. The van der Waals surface area contributed by atoms with Crippen molar-refractivity contribution < 1.29 is 18.7 Å². The number of thioether (sulfide) groups is 1. The van der Waals surface area contributed by atoms with Crippen LogP contribution in [0.3, 0.4) is 0 Å². The Labute approximate surface area is 120 Å². The van der Waals surface area contributed by atoms with Gasteiger partial charge in [-0.25, -0.2) is 4.79 Å². The first kappa shape index (κ1) is 16.7. The Morgan fingerprint density at radius 1 is 1.35 bits per heavy atom. The molecule has 2 amide bonds. The van der Waals surface area contributed by atoms with Gasteiger partial charge in [0.1, 0.15) is 0 Å². The van der Waals surface area contributed by atoms with E-state index in [1.807, 2.05) is 6.92 Å². The molecule has 0 aliphatic carbocycles. The van der Waals surface area contributed by atoms with E-state index in [0.29, 0.717) is 35.2 Å². The summed E-state index contributed by atoms with van der Waals surface area (Å²) >= 11 is 0.460. The van der Waals surface area contributed by atoms with Crippen molar-refractivity contribution in [3.05, 3.63) is 24.3 Å². The van der Waals surface area contributed by atoms with Crippen molar-refractivity contribution >= 4 is 23.5 Å². The lowest BCUT2D eigenvalue weighted by Crippen LogP contribution is -2.36. The first-order valence-corrected chi connectivity index (χ1v) is 7.12. The lowest BCUT2D eigenvalue weighted by molar-refractivity contribution is 0.245. The summed E-state index contributed by atoms with van der Waals surface area (Å²) in [6.45, 7) is 1.94. The maximum atomic E-state index is 12.1. The van der Waals surface area contributed by atoms with Gasteiger partial charge in [0.25, 0.3) is 5.76 Å². The molecule has 0 heterocycles. The number of carbonyl (C=O) groups is 1. The van der Waals surface area contributed by atoms with Crippen LogP contribution in [0.5, 0.6) is 0 Å². The third-order valence-corrected chi connectivity index (χ3v) is 3.23. The van der Waals surface area contributed by atoms with Gasteiger partial charge < -0.3 is 15.7 Å². The van der Waals surface area contributed by atoms with Gasteiger partial charge in [-0.05, 0) is 44.0 Å². The molecule has 0 bridgehead atoms. The number of hydrogen-bond acceptors (Lipinski definition) is 3. The summed E-state index contributed by atoms with van der Waals surface area (Å²) in [5.74, 6) is -2.45. The highest BCUT2D eigenvalue weighted by Crippen LogP contribution is 2.26. The molecule has 0 aliphatic heterocycles. The van der Waals surface area contributed by atoms with E-state index in [1.54, 1.807) is 12.1 Å². The fourth-order valence-corrected chi connectivity index (χ4v) is 2.08. The zero-order valence-corrected chi connectivity index (χ0v) is 11.9. The van der Waals surface area contributed by atoms with Crippen LogP contribution in [0, 0.1) is 0 Å². The molecule has 3 N–H and O–H groups in total. The molecule has 4 nitrogen and oxygen atoms in total. The van der Waals surface area contributed by atoms with Crippen molar-refractivity contribution in [1.29, 1.82) is 0 Å². The van der Waals surface area contributed by atoms with Crippen LogP contribution in [0.4, 0.5) is 19.3 Å². The topological polar surface area (TPSA) is 61.4 Å². The third kappa shape index (κ3) is 6.72. The molecule has 1 aromatic rings. The molecule has 7 heteroatoms. The number of alkyl halides is 2. The first-order valence-electron chi connectivity index (χ1n) is 6.24. The van der Waals surface area contributed by atoms with E-state index in [2.05, 4.69) is 10.6 Å². The van der Waals surface area contributed by atoms with Crippen molar-refractivity contribution in [3.63, 3.8) is 0 Å². The van der Waals surface area contributed by atoms with Crippen LogP contribution in [-0.2, 0) is 0 Å². The number of hydrogen-bond donors (Lipinski definition) is 3. The molecule has 1 aromatic carbocycles. The summed E-state index contributed by atoms with van der Waals surface area (Å²) in [6.07, 6.45) is 1.31. The van der Waals surface area contributed by atoms with Crippen LogP contribution in [0.1, 0.15) is 19.8 Å². The normalized spacial score (nSPS) is 12.2. The highest BCUT2D eigenvalue weighted by Gasteiger charge is 2.08. The number of aliphatic hydroxyl groups is 1. The van der Waals surface area contributed by atoms with Crippen LogP contribution in [0.2, 0.25) is 0 Å². The van der Waals surface area contributed by atoms with E-state index in [9.17, 15) is 13.6 Å². The van der Waals surface area contributed by atoms with E-state index in [0.717, 1.165) is 0 Å². The number of anilines is 1. The molecule has 1 atom stereocenters. The Morgan fingerprint density at radius 3 is 2.55 bits per heavy atom. The van der Waals surface area contributed by atoms with Crippen molar-refractivity contribution in [1.82, 2.24) is 5.32 Å². The first-order chi connectivity index (χ1) is 9.51. The smallest absolute Gasteiger partial charge is 0.319 e. The van der Waals surface area contributed by atoms with Gasteiger partial charge in [-0.3, -0.25) is 0 Å². The number of urea groups is 1. The largest absolute Gasteiger partial charge is 0.396 e. The maximum absolute atomic E-state index is 12.1. The minimum Gasteiger partial charge on any atom is -0.396 e. The number of benzene rings is 1. The second kappa shape index (κ2) is 8.76. The van der Waals surface area contributed by atoms with E-state index in [1.165, 1.54) is 12.1 Å². The molecule has 0 fully saturated rings. The molecule has 112 valence electrons. The second-order valence-corrected chi connectivity index (χ2v) is 5.33. The lowest BCUT2D eigenvalue weighted by Gasteiger charge is -2.14. The summed E-state index contributed by atoms with van der Waals surface area (Å²) in [6, 6.07) is 5.80. The van der Waals surface area contributed by atoms with Gasteiger partial charge in [0.15, 0.2) is 0 Å². The Bertz CT molecular complexity index is 415. The molecular formula is C13H18F2N2O2S. The summed E-state index contributed by atoms with van der Waals surface area (Å²) in [4.78, 5) is 12.1. The number of nitrogens with one attached hydrogen (secondary N) is 2. The van der Waals surface area contributed by atoms with Crippen LogP contribution in [0.15, 0.2) is 29.2 Å². The van der Waals surface area contributed by atoms with Crippen LogP contribution in [-0.4, -0.2) is 29.5 Å². The Morgan fingerprint density at radius 2 is 2.00 bits per heavy atom. The van der Waals surface area contributed by atoms with Gasteiger partial charge in [-0.2, -0.15) is 8.78 Å². The van der Waals surface area contributed by atoms with Crippen molar-refractivity contribution in [3.8, 4) is 0 Å². The summed E-state index contributed by atoms with van der Waals surface area (Å²) in [5, 5.41) is 14.0. The molecule has 0 aromatic heterocycles. The Balaban J connectivity index is 2.41. The molecule has 0 radical (unpaired) electrons. The standard InChI is InChI=1S/C13H18F2N2O2S/c1-9(3-2-8-18)16-13(19)17-10-4-6-11(7-5-10)20-12(14)15/h4-7,9,12,18H,2-3,8H2,1H3,(H2,16,17,19). The van der Waals surface area contributed by atoms with Crippen LogP contribution >= 0.6 is 11.8 Å². The Hall–Kier alpha value is -1.34. The van der Waals surface area contributed by atoms with Gasteiger partial charge in [0.2, 0.25) is 0 Å². The average molecular weight is 304 g/mol. The molecule has 1 unspecified atom stereocenters. The lowest BCUT2D eigenvalue weighted by atomic mass is 10.2. The van der Waals surface area contributed by atoms with E-state index >= 15 is 0 Å². The average Bonchev–Trinajstić information content (AvgIpc) is 2.38. The minimum atomic E-state index is -2.45. The predicted octanol–water partition coefficient (Wildman–Crippen LogP) is 3.28. The van der Waals surface area contributed by atoms with E-state index in [4.69, 9.17) is 5.11 Å². The predicted molar refractivity (Wildman–Crippen MR) is 76.2 cm³/mol. The van der Waals surface area contributed by atoms with Gasteiger partial charge in [0, 0.05) is 23.2 Å². The van der Waals surface area contributed by atoms with Crippen molar-refractivity contribution in [2.45, 2.75) is 36.5 Å². The molecule has 20 heavy (non-hydrogen) atoms. The number of halogens is 2. The van der Waals surface area contributed by atoms with Crippen LogP contribution in [0.25, 0.3) is 0 Å². The monoisotopic (exact) mass is 304 g/mol. The highest BCUT2D eigenvalue weighted by molar-refractivity contribution is 7.99. The van der Waals surface area contributed by atoms with Crippen LogP contribution < -0.4 is 10.6 Å².